The van der Waals surface area contributed by atoms with Crippen molar-refractivity contribution in [2.45, 2.75) is 6.61 Å². The van der Waals surface area contributed by atoms with Gasteiger partial charge in [-0.25, -0.2) is 9.69 Å². The molecular formula is C27H20BrClN2O5. The average Bonchev–Trinajstić information content (AvgIpc) is 2.86. The lowest BCUT2D eigenvalue weighted by molar-refractivity contribution is -0.122. The molecule has 182 valence electrons. The number of carbonyl (C=O) groups is 3. The van der Waals surface area contributed by atoms with Gasteiger partial charge in [-0.2, -0.15) is 0 Å². The van der Waals surface area contributed by atoms with Crippen molar-refractivity contribution < 1.29 is 23.9 Å². The molecule has 1 N–H and O–H groups in total. The summed E-state index contributed by atoms with van der Waals surface area (Å²) >= 11 is 9.63. The number of hydrogen-bond donors (Lipinski definition) is 1. The van der Waals surface area contributed by atoms with Crippen LogP contribution in [0.2, 0.25) is 5.02 Å². The van der Waals surface area contributed by atoms with E-state index in [1.165, 1.54) is 6.08 Å². The summed E-state index contributed by atoms with van der Waals surface area (Å²) in [6, 6.07) is 18.2. The van der Waals surface area contributed by atoms with E-state index in [0.717, 1.165) is 14.9 Å². The zero-order valence-electron chi connectivity index (χ0n) is 18.9. The minimum atomic E-state index is -0.836. The third-order valence-corrected chi connectivity index (χ3v) is 5.96. The van der Waals surface area contributed by atoms with Crippen LogP contribution in [-0.2, 0) is 16.2 Å². The molecule has 1 heterocycles. The fraction of sp³-hybridized carbons (Fsp3) is 0.0741. The molecule has 1 aliphatic rings. The number of nitrogens with zero attached hydrogens (tertiary/aromatic N) is 1. The summed E-state index contributed by atoms with van der Waals surface area (Å²) in [5, 5.41) is 2.51. The van der Waals surface area contributed by atoms with Gasteiger partial charge in [0.25, 0.3) is 11.8 Å². The van der Waals surface area contributed by atoms with Gasteiger partial charge in [-0.1, -0.05) is 58.4 Å². The highest BCUT2D eigenvalue weighted by Crippen LogP contribution is 2.28. The predicted molar refractivity (Wildman–Crippen MR) is 141 cm³/mol. The van der Waals surface area contributed by atoms with Gasteiger partial charge in [-0.15, -0.1) is 0 Å². The molecule has 0 radical (unpaired) electrons. The monoisotopic (exact) mass is 566 g/mol. The van der Waals surface area contributed by atoms with Crippen molar-refractivity contribution in [3.8, 4) is 11.5 Å². The molecule has 0 unspecified atom stereocenters. The third kappa shape index (κ3) is 5.84. The van der Waals surface area contributed by atoms with E-state index in [2.05, 4.69) is 27.8 Å². The molecule has 3 aromatic carbocycles. The average molecular weight is 568 g/mol. The molecule has 4 rings (SSSR count). The van der Waals surface area contributed by atoms with E-state index in [9.17, 15) is 14.4 Å². The SMILES string of the molecule is C=CCOc1ccc(/C=C2\C(=O)NC(=O)N(c3ccc(OCc4ccc(Br)cc4)cc3)C2=O)cc1Cl. The standard InChI is InChI=1S/C27H20BrClN2O5/c1-2-13-35-24-12-5-18(15-23(24)29)14-22-25(32)30-27(34)31(26(22)33)20-8-10-21(11-9-20)36-16-17-3-6-19(28)7-4-17/h2-12,14-15H,1,13,16H2,(H,30,32,34)/b22-14+. The molecule has 9 heteroatoms. The molecule has 7 nitrogen and oxygen atoms in total. The number of anilines is 1. The Labute approximate surface area is 221 Å². The maximum absolute atomic E-state index is 13.1. The van der Waals surface area contributed by atoms with Crippen LogP contribution in [0.5, 0.6) is 11.5 Å². The van der Waals surface area contributed by atoms with Crippen LogP contribution in [0.25, 0.3) is 6.08 Å². The van der Waals surface area contributed by atoms with E-state index >= 15 is 0 Å². The summed E-state index contributed by atoms with van der Waals surface area (Å²) in [5.74, 6) is -0.543. The molecule has 0 bridgehead atoms. The number of benzene rings is 3. The van der Waals surface area contributed by atoms with Crippen LogP contribution >= 0.6 is 27.5 Å². The Kier molecular flexibility index (Phi) is 7.87. The highest BCUT2D eigenvalue weighted by Gasteiger charge is 2.36. The molecule has 4 amide bonds. The zero-order chi connectivity index (χ0) is 25.7. The molecule has 3 aromatic rings. The number of imide groups is 2. The second-order valence-corrected chi connectivity index (χ2v) is 8.98. The smallest absolute Gasteiger partial charge is 0.335 e. The first-order valence-electron chi connectivity index (χ1n) is 10.8. The first-order chi connectivity index (χ1) is 17.4. The Morgan fingerprint density at radius 2 is 1.69 bits per heavy atom. The van der Waals surface area contributed by atoms with E-state index in [4.69, 9.17) is 21.1 Å². The van der Waals surface area contributed by atoms with Gasteiger partial charge in [0.1, 0.15) is 30.3 Å². The van der Waals surface area contributed by atoms with E-state index in [1.807, 2.05) is 24.3 Å². The summed E-state index contributed by atoms with van der Waals surface area (Å²) in [6.45, 7) is 4.23. The van der Waals surface area contributed by atoms with E-state index in [0.29, 0.717) is 28.7 Å². The zero-order valence-corrected chi connectivity index (χ0v) is 21.2. The van der Waals surface area contributed by atoms with E-state index in [1.54, 1.807) is 48.5 Å². The molecule has 0 spiro atoms. The van der Waals surface area contributed by atoms with Crippen LogP contribution in [-0.4, -0.2) is 24.5 Å². The summed E-state index contributed by atoms with van der Waals surface area (Å²) in [5.41, 5.74) is 1.57. The van der Waals surface area contributed by atoms with Crippen LogP contribution < -0.4 is 19.7 Å². The molecule has 1 fully saturated rings. The molecule has 0 saturated carbocycles. The van der Waals surface area contributed by atoms with Crippen molar-refractivity contribution in [1.29, 1.82) is 0 Å². The molecule has 1 saturated heterocycles. The van der Waals surface area contributed by atoms with Crippen LogP contribution in [0.1, 0.15) is 11.1 Å². The van der Waals surface area contributed by atoms with E-state index in [-0.39, 0.29) is 17.9 Å². The first kappa shape index (κ1) is 25.2. The van der Waals surface area contributed by atoms with Gasteiger partial charge < -0.3 is 9.47 Å². The van der Waals surface area contributed by atoms with Crippen LogP contribution in [0.3, 0.4) is 0 Å². The molecule has 0 aliphatic carbocycles. The number of ether oxygens (including phenoxy) is 2. The Balaban J connectivity index is 1.51. The highest BCUT2D eigenvalue weighted by atomic mass is 79.9. The Hall–Kier alpha value is -3.88. The molecule has 36 heavy (non-hydrogen) atoms. The van der Waals surface area contributed by atoms with Gasteiger partial charge in [0.15, 0.2) is 0 Å². The molecule has 0 atom stereocenters. The fourth-order valence-corrected chi connectivity index (χ4v) is 3.88. The van der Waals surface area contributed by atoms with Crippen LogP contribution in [0, 0.1) is 0 Å². The Bertz CT molecular complexity index is 1350. The van der Waals surface area contributed by atoms with Crippen molar-refractivity contribution >= 4 is 57.1 Å². The number of halogens is 2. The minimum absolute atomic E-state index is 0.207. The number of hydrogen-bond acceptors (Lipinski definition) is 5. The summed E-state index contributed by atoms with van der Waals surface area (Å²) in [6.07, 6.45) is 2.96. The van der Waals surface area contributed by atoms with Gasteiger partial charge >= 0.3 is 6.03 Å². The fourth-order valence-electron chi connectivity index (χ4n) is 3.37. The first-order valence-corrected chi connectivity index (χ1v) is 11.9. The van der Waals surface area contributed by atoms with E-state index < -0.39 is 17.8 Å². The number of urea groups is 1. The van der Waals surface area contributed by atoms with Crippen molar-refractivity contribution in [2.75, 3.05) is 11.5 Å². The number of rotatable bonds is 8. The Morgan fingerprint density at radius 1 is 0.972 bits per heavy atom. The van der Waals surface area contributed by atoms with Crippen molar-refractivity contribution in [3.05, 3.63) is 106 Å². The minimum Gasteiger partial charge on any atom is -0.489 e. The third-order valence-electron chi connectivity index (χ3n) is 5.14. The lowest BCUT2D eigenvalue weighted by Gasteiger charge is -2.26. The number of amides is 4. The second kappa shape index (κ2) is 11.2. The summed E-state index contributed by atoms with van der Waals surface area (Å²) in [7, 11) is 0. The normalized spacial score (nSPS) is 14.6. The van der Waals surface area contributed by atoms with Gasteiger partial charge in [0, 0.05) is 4.47 Å². The lowest BCUT2D eigenvalue weighted by atomic mass is 10.1. The van der Waals surface area contributed by atoms with Crippen LogP contribution in [0.15, 0.2) is 89.4 Å². The predicted octanol–water partition coefficient (Wildman–Crippen LogP) is 5.91. The molecule has 1 aliphatic heterocycles. The van der Waals surface area contributed by atoms with Crippen molar-refractivity contribution in [2.24, 2.45) is 0 Å². The number of barbiturate groups is 1. The lowest BCUT2D eigenvalue weighted by Crippen LogP contribution is -2.54. The van der Waals surface area contributed by atoms with Crippen molar-refractivity contribution in [3.63, 3.8) is 0 Å². The topological polar surface area (TPSA) is 84.9 Å². The quantitative estimate of drug-likeness (QED) is 0.208. The Morgan fingerprint density at radius 3 is 2.36 bits per heavy atom. The van der Waals surface area contributed by atoms with Crippen molar-refractivity contribution in [1.82, 2.24) is 5.32 Å². The summed E-state index contributed by atoms with van der Waals surface area (Å²) in [4.78, 5) is 39.0. The highest BCUT2D eigenvalue weighted by molar-refractivity contribution is 9.10. The summed E-state index contributed by atoms with van der Waals surface area (Å²) < 4.78 is 12.2. The number of carbonyl (C=O) groups excluding carboxylic acids is 3. The van der Waals surface area contributed by atoms with Gasteiger partial charge in [-0.3, -0.25) is 14.9 Å². The number of nitrogens with one attached hydrogen (secondary N) is 1. The van der Waals surface area contributed by atoms with Crippen LogP contribution in [0.4, 0.5) is 10.5 Å². The van der Waals surface area contributed by atoms with Gasteiger partial charge in [-0.05, 0) is 65.7 Å². The largest absolute Gasteiger partial charge is 0.489 e. The molecular weight excluding hydrogens is 548 g/mol. The molecule has 0 aromatic heterocycles. The second-order valence-electron chi connectivity index (χ2n) is 7.66. The van der Waals surface area contributed by atoms with Gasteiger partial charge in [0.05, 0.1) is 10.7 Å². The maximum atomic E-state index is 13.1. The maximum Gasteiger partial charge on any atom is 0.335 e. The van der Waals surface area contributed by atoms with Gasteiger partial charge in [0.2, 0.25) is 0 Å².